The zero-order valence-electron chi connectivity index (χ0n) is 17.7. The molecule has 0 aromatic carbocycles. The molecule has 4 nitrogen and oxygen atoms in total. The van der Waals surface area contributed by atoms with Crippen LogP contribution < -0.4 is 5.32 Å². The minimum Gasteiger partial charge on any atom is -0.462 e. The first-order valence-corrected chi connectivity index (χ1v) is 10.1. The van der Waals surface area contributed by atoms with Crippen LogP contribution in [0.2, 0.25) is 0 Å². The number of carbonyl (C=O) groups is 2. The maximum atomic E-state index is 11.7. The first-order chi connectivity index (χ1) is 10.9. The Morgan fingerprint density at radius 1 is 1.04 bits per heavy atom. The van der Waals surface area contributed by atoms with Crippen LogP contribution >= 0.6 is 22.6 Å². The van der Waals surface area contributed by atoms with E-state index in [0.717, 1.165) is 19.3 Å². The predicted octanol–water partition coefficient (Wildman–Crippen LogP) is 5.13. The average Bonchev–Trinajstić information content (AvgIpc) is 2.33. The van der Waals surface area contributed by atoms with Crippen LogP contribution in [0.25, 0.3) is 0 Å². The second-order valence-electron chi connectivity index (χ2n) is 10.0. The number of nitrogens with one attached hydrogen (secondary N) is 1. The molecular weight excluding hydrogens is 429 g/mol. The number of hydrogen-bond acceptors (Lipinski definition) is 3. The molecule has 25 heavy (non-hydrogen) atoms. The van der Waals surface area contributed by atoms with E-state index in [1.54, 1.807) is 0 Å². The second-order valence-corrected chi connectivity index (χ2v) is 13.0. The Bertz CT molecular complexity index is 459. The fourth-order valence-corrected chi connectivity index (χ4v) is 3.39. The van der Waals surface area contributed by atoms with E-state index in [9.17, 15) is 9.59 Å². The summed E-state index contributed by atoms with van der Waals surface area (Å²) in [6.07, 6.45) is 2.19. The smallest absolute Gasteiger partial charge is 0.302 e. The lowest BCUT2D eigenvalue weighted by atomic mass is 9.59. The van der Waals surface area contributed by atoms with Crippen molar-refractivity contribution in [3.8, 4) is 0 Å². The van der Waals surface area contributed by atoms with Gasteiger partial charge in [-0.3, -0.25) is 9.59 Å². The zero-order chi connectivity index (χ0) is 20.3. The molecule has 0 saturated heterocycles. The van der Waals surface area contributed by atoms with E-state index in [1.807, 2.05) is 0 Å². The predicted molar refractivity (Wildman–Crippen MR) is 113 cm³/mol. The van der Waals surface area contributed by atoms with E-state index < -0.39 is 0 Å². The Labute approximate surface area is 168 Å². The van der Waals surface area contributed by atoms with Crippen LogP contribution in [0.15, 0.2) is 0 Å². The lowest BCUT2D eigenvalue weighted by Gasteiger charge is -2.50. The number of halogens is 1. The molecule has 0 aliphatic heterocycles. The number of esters is 1. The van der Waals surface area contributed by atoms with Crippen molar-refractivity contribution in [2.75, 3.05) is 0 Å². The number of carbonyl (C=O) groups excluding carboxylic acids is 2. The summed E-state index contributed by atoms with van der Waals surface area (Å²) in [5.74, 6) is -0.243. The van der Waals surface area contributed by atoms with E-state index >= 15 is 0 Å². The maximum absolute atomic E-state index is 11.7. The molecule has 2 atom stereocenters. The average molecular weight is 467 g/mol. The summed E-state index contributed by atoms with van der Waals surface area (Å²) in [4.78, 5) is 22.8. The minimum absolute atomic E-state index is 0.0235. The Kier molecular flexibility index (Phi) is 8.46. The summed E-state index contributed by atoms with van der Waals surface area (Å²) in [7, 11) is 0. The number of ether oxygens (including phenoxy) is 1. The van der Waals surface area contributed by atoms with Gasteiger partial charge in [0.2, 0.25) is 6.41 Å². The molecule has 0 spiro atoms. The third kappa shape index (κ3) is 7.83. The fraction of sp³-hybridized carbons (Fsp3) is 0.900. The Morgan fingerprint density at radius 2 is 1.52 bits per heavy atom. The van der Waals surface area contributed by atoms with Crippen LogP contribution in [0.5, 0.6) is 0 Å². The van der Waals surface area contributed by atoms with Crippen molar-refractivity contribution >= 4 is 35.0 Å². The van der Waals surface area contributed by atoms with Crippen molar-refractivity contribution in [2.24, 2.45) is 16.2 Å². The highest BCUT2D eigenvalue weighted by Gasteiger charge is 2.48. The van der Waals surface area contributed by atoms with Crippen LogP contribution in [0.1, 0.15) is 82.1 Å². The Balaban J connectivity index is 5.69. The normalized spacial score (nSPS) is 16.1. The number of rotatable bonds is 9. The van der Waals surface area contributed by atoms with Crippen molar-refractivity contribution in [3.63, 3.8) is 0 Å². The van der Waals surface area contributed by atoms with Gasteiger partial charge >= 0.3 is 5.97 Å². The van der Waals surface area contributed by atoms with E-state index in [1.165, 1.54) is 6.92 Å². The van der Waals surface area contributed by atoms with Gasteiger partial charge in [0.05, 0.1) is 0 Å². The molecule has 0 saturated carbocycles. The Morgan fingerprint density at radius 3 is 1.84 bits per heavy atom. The summed E-state index contributed by atoms with van der Waals surface area (Å²) < 4.78 is 5.79. The van der Waals surface area contributed by atoms with Gasteiger partial charge in [-0.2, -0.15) is 0 Å². The number of alkyl halides is 1. The first-order valence-electron chi connectivity index (χ1n) is 9.00. The molecule has 1 amide bonds. The van der Waals surface area contributed by atoms with E-state index in [2.05, 4.69) is 90.2 Å². The zero-order valence-corrected chi connectivity index (χ0v) is 19.9. The molecule has 0 rings (SSSR count). The van der Waals surface area contributed by atoms with Gasteiger partial charge in [0.25, 0.3) is 0 Å². The first kappa shape index (κ1) is 24.7. The molecule has 0 aliphatic carbocycles. The van der Waals surface area contributed by atoms with Crippen molar-refractivity contribution < 1.29 is 14.3 Å². The molecule has 0 heterocycles. The quantitative estimate of drug-likeness (QED) is 0.222. The highest BCUT2D eigenvalue weighted by atomic mass is 127. The molecule has 0 radical (unpaired) electrons. The third-order valence-electron chi connectivity index (χ3n) is 5.56. The van der Waals surface area contributed by atoms with Crippen LogP contribution in [0.3, 0.4) is 0 Å². The Hall–Kier alpha value is -0.330. The third-order valence-corrected chi connectivity index (χ3v) is 6.00. The highest BCUT2D eigenvalue weighted by molar-refractivity contribution is 14.1. The standard InChI is InChI=1S/C20H38INO3/c1-14(24)25-16(12-19(7,8)21)20(9,10)18(5,6)11-15(22-13-23)17(2,3)4/h13,15-16H,11-12H2,1-10H3,(H,22,23). The van der Waals surface area contributed by atoms with Gasteiger partial charge in [0.1, 0.15) is 6.10 Å². The van der Waals surface area contributed by atoms with Gasteiger partial charge in [-0.1, -0.05) is 84.9 Å². The number of amides is 1. The summed E-state index contributed by atoms with van der Waals surface area (Å²) in [5.41, 5.74) is -0.453. The molecule has 0 fully saturated rings. The number of hydrogen-bond donors (Lipinski definition) is 1. The lowest BCUT2D eigenvalue weighted by molar-refractivity contribution is -0.160. The molecule has 1 N–H and O–H groups in total. The highest BCUT2D eigenvalue weighted by Crippen LogP contribution is 2.49. The van der Waals surface area contributed by atoms with Crippen molar-refractivity contribution in [1.82, 2.24) is 5.32 Å². The van der Waals surface area contributed by atoms with E-state index in [0.29, 0.717) is 0 Å². The molecule has 0 aliphatic rings. The van der Waals surface area contributed by atoms with Crippen molar-refractivity contribution in [1.29, 1.82) is 0 Å². The summed E-state index contributed by atoms with van der Waals surface area (Å²) in [6.45, 7) is 20.9. The summed E-state index contributed by atoms with van der Waals surface area (Å²) in [6, 6.07) is 0.0462. The van der Waals surface area contributed by atoms with Crippen molar-refractivity contribution in [3.05, 3.63) is 0 Å². The van der Waals surface area contributed by atoms with Gasteiger partial charge in [0, 0.05) is 21.8 Å². The van der Waals surface area contributed by atoms with Crippen LogP contribution in [-0.2, 0) is 14.3 Å². The lowest BCUT2D eigenvalue weighted by Crippen LogP contribution is -2.51. The van der Waals surface area contributed by atoms with Gasteiger partial charge in [-0.05, 0) is 23.7 Å². The van der Waals surface area contributed by atoms with Crippen LogP contribution in [0.4, 0.5) is 0 Å². The van der Waals surface area contributed by atoms with Crippen LogP contribution in [-0.4, -0.2) is 27.9 Å². The van der Waals surface area contributed by atoms with E-state index in [4.69, 9.17) is 4.74 Å². The van der Waals surface area contributed by atoms with Crippen LogP contribution in [0, 0.1) is 16.2 Å². The molecular formula is C20H38INO3. The second kappa shape index (κ2) is 8.57. The molecule has 0 aromatic heterocycles. The van der Waals surface area contributed by atoms with Crippen molar-refractivity contribution in [2.45, 2.75) is 97.6 Å². The fourth-order valence-electron chi connectivity index (χ4n) is 2.99. The molecule has 5 heteroatoms. The SMILES string of the molecule is CC(=O)OC(CC(C)(C)I)C(C)(C)C(C)(C)CC(NC=O)C(C)(C)C. The van der Waals surface area contributed by atoms with Gasteiger partial charge in [-0.15, -0.1) is 0 Å². The minimum atomic E-state index is -0.255. The van der Waals surface area contributed by atoms with Gasteiger partial charge < -0.3 is 10.1 Å². The summed E-state index contributed by atoms with van der Waals surface area (Å²) >= 11 is 2.41. The molecule has 0 bridgehead atoms. The monoisotopic (exact) mass is 467 g/mol. The topological polar surface area (TPSA) is 55.4 Å². The maximum Gasteiger partial charge on any atom is 0.302 e. The van der Waals surface area contributed by atoms with Gasteiger partial charge in [0.15, 0.2) is 0 Å². The molecule has 2 unspecified atom stereocenters. The molecule has 0 aromatic rings. The van der Waals surface area contributed by atoms with E-state index in [-0.39, 0.29) is 37.8 Å². The molecule has 148 valence electrons. The summed E-state index contributed by atoms with van der Waals surface area (Å²) in [5, 5.41) is 2.99. The largest absolute Gasteiger partial charge is 0.462 e. The van der Waals surface area contributed by atoms with Gasteiger partial charge in [-0.25, -0.2) is 0 Å².